The van der Waals surface area contributed by atoms with E-state index in [4.69, 9.17) is 13.8 Å². The summed E-state index contributed by atoms with van der Waals surface area (Å²) < 4.78 is 30.8. The van der Waals surface area contributed by atoms with Gasteiger partial charge in [0.1, 0.15) is 19.3 Å². The summed E-state index contributed by atoms with van der Waals surface area (Å²) in [4.78, 5) is 37.9. The van der Waals surface area contributed by atoms with E-state index < -0.39 is 20.0 Å². The summed E-state index contributed by atoms with van der Waals surface area (Å²) in [5, 5.41) is 3.06. The number of hydrogen-bond donors (Lipinski definition) is 2. The highest BCUT2D eigenvalue weighted by molar-refractivity contribution is 7.47. The molecule has 0 aliphatic heterocycles. The molecule has 0 heterocycles. The van der Waals surface area contributed by atoms with Gasteiger partial charge in [0, 0.05) is 12.8 Å². The number of amides is 1. The molecule has 0 aromatic heterocycles. The Labute approximate surface area is 518 Å². The highest BCUT2D eigenvalue weighted by atomic mass is 31.2. The number of ether oxygens (including phenoxy) is 1. The summed E-state index contributed by atoms with van der Waals surface area (Å²) in [6, 6.07) is -0.871. The van der Waals surface area contributed by atoms with Gasteiger partial charge in [-0.1, -0.05) is 271 Å². The quantitative estimate of drug-likeness (QED) is 0.0205. The summed E-state index contributed by atoms with van der Waals surface area (Å²) in [5.41, 5.74) is 0. The maximum atomic E-state index is 13.6. The number of rotatable bonds is 61. The lowest BCUT2D eigenvalue weighted by atomic mass is 10.0. The van der Waals surface area contributed by atoms with Crippen LogP contribution < -0.4 is 5.32 Å². The molecule has 0 radical (unpaired) electrons. The summed E-state index contributed by atoms with van der Waals surface area (Å²) in [6.45, 7) is 6.85. The van der Waals surface area contributed by atoms with Crippen LogP contribution in [0.3, 0.4) is 0 Å². The molecule has 9 nitrogen and oxygen atoms in total. The van der Waals surface area contributed by atoms with Crippen molar-refractivity contribution in [1.29, 1.82) is 0 Å². The van der Waals surface area contributed by atoms with Gasteiger partial charge in [-0.25, -0.2) is 4.57 Å². The number of carbonyl (C=O) groups excluding carboxylic acids is 2. The molecule has 0 saturated heterocycles. The first-order valence-electron chi connectivity index (χ1n) is 34.4. The SMILES string of the molecule is CC/C=C\C/C=C\C/C=C\C/C=C\C/C=C\C/C=C\CCCCCCC(=O)OC(/C=C/CCCCCCCCCCCC)C(COP(=O)(O)OCC[N+](C)(C)C)NC(=O)CCCCCCCCCCCC/C=C\C/C=C\C/C=C\CCCCC. The van der Waals surface area contributed by atoms with E-state index >= 15 is 0 Å². The number of phosphoric ester groups is 1. The molecule has 0 bridgehead atoms. The maximum absolute atomic E-state index is 13.6. The van der Waals surface area contributed by atoms with Crippen LogP contribution in [-0.4, -0.2) is 74.3 Å². The number of likely N-dealkylation sites (N-methyl/N-ethyl adjacent to an activating group) is 1. The topological polar surface area (TPSA) is 111 Å². The summed E-state index contributed by atoms with van der Waals surface area (Å²) >= 11 is 0. The van der Waals surface area contributed by atoms with Crippen molar-refractivity contribution >= 4 is 19.7 Å². The third kappa shape index (κ3) is 62.9. The van der Waals surface area contributed by atoms with Crippen LogP contribution in [0.15, 0.2) is 122 Å². The van der Waals surface area contributed by atoms with Gasteiger partial charge in [-0.3, -0.25) is 18.6 Å². The fourth-order valence-corrected chi connectivity index (χ4v) is 10.1. The fourth-order valence-electron chi connectivity index (χ4n) is 9.36. The van der Waals surface area contributed by atoms with E-state index in [0.717, 1.165) is 128 Å². The van der Waals surface area contributed by atoms with Crippen molar-refractivity contribution in [2.45, 2.75) is 296 Å². The Morgan fingerprint density at radius 3 is 1.17 bits per heavy atom. The number of carbonyl (C=O) groups is 2. The minimum absolute atomic E-state index is 0.0290. The van der Waals surface area contributed by atoms with E-state index in [-0.39, 0.29) is 31.5 Å². The number of esters is 1. The van der Waals surface area contributed by atoms with Crippen LogP contribution in [0.25, 0.3) is 0 Å². The molecule has 0 rings (SSSR count). The van der Waals surface area contributed by atoms with Crippen molar-refractivity contribution in [2.75, 3.05) is 40.9 Å². The monoisotopic (exact) mass is 1190 g/mol. The molecule has 10 heteroatoms. The van der Waals surface area contributed by atoms with E-state index in [0.29, 0.717) is 23.9 Å². The largest absolute Gasteiger partial charge is 0.472 e. The van der Waals surface area contributed by atoms with Crippen molar-refractivity contribution in [3.05, 3.63) is 122 Å². The summed E-state index contributed by atoms with van der Waals surface area (Å²) in [6.07, 6.45) is 87.7. The summed E-state index contributed by atoms with van der Waals surface area (Å²) in [7, 11) is 1.46. The van der Waals surface area contributed by atoms with Crippen molar-refractivity contribution in [1.82, 2.24) is 5.32 Å². The molecule has 0 aliphatic carbocycles. The Morgan fingerprint density at radius 2 is 0.762 bits per heavy atom. The maximum Gasteiger partial charge on any atom is 0.472 e. The van der Waals surface area contributed by atoms with Crippen molar-refractivity contribution in [2.24, 2.45) is 0 Å². The van der Waals surface area contributed by atoms with E-state index in [2.05, 4.69) is 135 Å². The molecule has 84 heavy (non-hydrogen) atoms. The number of allylic oxidation sites excluding steroid dienone is 19. The van der Waals surface area contributed by atoms with Gasteiger partial charge in [0.15, 0.2) is 0 Å². The van der Waals surface area contributed by atoms with Crippen molar-refractivity contribution < 1.29 is 37.3 Å². The molecule has 0 spiro atoms. The van der Waals surface area contributed by atoms with Crippen LogP contribution in [0.1, 0.15) is 284 Å². The number of quaternary nitrogens is 1. The Balaban J connectivity index is 5.20. The van der Waals surface area contributed by atoms with Gasteiger partial charge >= 0.3 is 13.8 Å². The van der Waals surface area contributed by atoms with E-state index in [1.807, 2.05) is 33.3 Å². The third-order valence-corrected chi connectivity index (χ3v) is 15.6. The molecule has 1 amide bonds. The Kier molecular flexibility index (Phi) is 59.8. The molecule has 0 aromatic rings. The third-order valence-electron chi connectivity index (χ3n) is 14.6. The molecule has 3 unspecified atom stereocenters. The van der Waals surface area contributed by atoms with E-state index in [1.54, 1.807) is 0 Å². The molecule has 0 fully saturated rings. The van der Waals surface area contributed by atoms with Gasteiger partial charge < -0.3 is 19.4 Å². The van der Waals surface area contributed by atoms with Crippen LogP contribution in [0, 0.1) is 0 Å². The molecule has 0 saturated carbocycles. The van der Waals surface area contributed by atoms with Gasteiger partial charge in [0.05, 0.1) is 33.8 Å². The van der Waals surface area contributed by atoms with Gasteiger partial charge in [-0.05, 0) is 122 Å². The molecular weight excluding hydrogens is 1060 g/mol. The van der Waals surface area contributed by atoms with Crippen molar-refractivity contribution in [3.8, 4) is 0 Å². The molecular formula is C74H130N2O7P+. The first-order valence-corrected chi connectivity index (χ1v) is 35.9. The molecule has 3 atom stereocenters. The second-order valence-electron chi connectivity index (χ2n) is 24.0. The van der Waals surface area contributed by atoms with Crippen LogP contribution in [0.5, 0.6) is 0 Å². The minimum atomic E-state index is -4.47. The first kappa shape index (κ1) is 80.4. The fraction of sp³-hybridized carbons (Fsp3) is 0.703. The Bertz CT molecular complexity index is 1850. The van der Waals surface area contributed by atoms with Crippen LogP contribution in [0.4, 0.5) is 0 Å². The van der Waals surface area contributed by atoms with Gasteiger partial charge in [-0.15, -0.1) is 0 Å². The predicted octanol–water partition coefficient (Wildman–Crippen LogP) is 21.8. The Hall–Kier alpha value is -3.59. The standard InChI is InChI=1S/C74H129N2O7P/c1-7-10-13-16-19-22-25-28-30-32-34-36-38-40-42-44-46-48-51-54-57-60-63-66-73(77)75-71(70-82-84(79,80)81-69-68-76(4,5)6)72(65-62-59-56-53-50-27-24-21-18-15-12-9-3)83-74(78)67-64-61-58-55-52-49-47-45-43-41-39-37-35-33-31-29-26-23-20-17-14-11-8-2/h11,14,19-20,22-23,28-31,34-37,41,43,47,49,62,65,71-72H,7-10,12-13,15-18,21,24-27,32-33,38-40,42,44-46,48,50-61,63-64,66-70H2,1-6H3,(H-,75,77,79,80)/p+1/b14-11-,22-19-,23-20-,30-28-,31-29-,36-34-,37-35-,43-41-,49-47-,65-62+. The second kappa shape index (κ2) is 62.5. The highest BCUT2D eigenvalue weighted by Crippen LogP contribution is 2.43. The Morgan fingerprint density at radius 1 is 0.429 bits per heavy atom. The lowest BCUT2D eigenvalue weighted by molar-refractivity contribution is -0.870. The zero-order valence-corrected chi connectivity index (χ0v) is 56.0. The van der Waals surface area contributed by atoms with Gasteiger partial charge in [0.2, 0.25) is 5.91 Å². The van der Waals surface area contributed by atoms with Gasteiger partial charge in [-0.2, -0.15) is 0 Å². The lowest BCUT2D eigenvalue weighted by Gasteiger charge is -2.27. The van der Waals surface area contributed by atoms with Crippen LogP contribution in [-0.2, 0) is 27.9 Å². The van der Waals surface area contributed by atoms with Crippen LogP contribution in [0.2, 0.25) is 0 Å². The van der Waals surface area contributed by atoms with Crippen molar-refractivity contribution in [3.63, 3.8) is 0 Å². The minimum Gasteiger partial charge on any atom is -0.456 e. The van der Waals surface area contributed by atoms with Crippen LogP contribution >= 0.6 is 7.82 Å². The number of phosphoric acid groups is 1. The summed E-state index contributed by atoms with van der Waals surface area (Å²) in [5.74, 6) is -0.542. The number of nitrogens with zero attached hydrogens (tertiary/aromatic N) is 1. The lowest BCUT2D eigenvalue weighted by Crippen LogP contribution is -2.47. The van der Waals surface area contributed by atoms with Gasteiger partial charge in [0.25, 0.3) is 0 Å². The molecule has 482 valence electrons. The smallest absolute Gasteiger partial charge is 0.456 e. The molecule has 0 aliphatic rings. The normalized spacial score (nSPS) is 14.3. The second-order valence-corrected chi connectivity index (χ2v) is 25.4. The average molecular weight is 1190 g/mol. The number of hydrogen-bond acceptors (Lipinski definition) is 6. The first-order chi connectivity index (χ1) is 40.9. The number of nitrogens with one attached hydrogen (secondary N) is 1. The van der Waals surface area contributed by atoms with E-state index in [1.165, 1.54) is 116 Å². The number of unbranched alkanes of at least 4 members (excludes halogenated alkanes) is 27. The zero-order valence-electron chi connectivity index (χ0n) is 55.1. The van der Waals surface area contributed by atoms with E-state index in [9.17, 15) is 19.0 Å². The zero-order chi connectivity index (χ0) is 61.4. The average Bonchev–Trinajstić information content (AvgIpc) is 3.65. The highest BCUT2D eigenvalue weighted by Gasteiger charge is 2.30. The predicted molar refractivity (Wildman–Crippen MR) is 364 cm³/mol. The molecule has 0 aromatic carbocycles. The molecule has 2 N–H and O–H groups in total.